The van der Waals surface area contributed by atoms with Crippen LogP contribution < -0.4 is 5.32 Å². The van der Waals surface area contributed by atoms with Crippen LogP contribution in [0.3, 0.4) is 0 Å². The van der Waals surface area contributed by atoms with Crippen LogP contribution in [-0.4, -0.2) is 34.9 Å². The van der Waals surface area contributed by atoms with Crippen molar-refractivity contribution in [3.05, 3.63) is 46.6 Å². The molecule has 0 aliphatic rings. The largest absolute Gasteiger partial charge is 0.469 e. The Morgan fingerprint density at radius 1 is 1.36 bits per heavy atom. The number of halogens is 1. The van der Waals surface area contributed by atoms with Crippen LogP contribution in [0.4, 0.5) is 0 Å². The van der Waals surface area contributed by atoms with Gasteiger partial charge in [0.1, 0.15) is 5.69 Å². The highest BCUT2D eigenvalue weighted by molar-refractivity contribution is 7.15. The number of hydrogen-bond acceptors (Lipinski definition) is 5. The topological polar surface area (TPSA) is 72.7 Å². The van der Waals surface area contributed by atoms with Gasteiger partial charge in [0.2, 0.25) is 0 Å². The number of carbonyl (C=O) groups excluding carboxylic acids is 2. The van der Waals surface area contributed by atoms with E-state index in [4.69, 9.17) is 11.6 Å². The van der Waals surface area contributed by atoms with Crippen molar-refractivity contribution in [1.29, 1.82) is 0 Å². The van der Waals surface area contributed by atoms with Gasteiger partial charge in [-0.05, 0) is 12.5 Å². The molecule has 1 amide bonds. The van der Waals surface area contributed by atoms with E-state index in [0.29, 0.717) is 23.7 Å². The molecule has 0 saturated carbocycles. The molecule has 0 aliphatic heterocycles. The summed E-state index contributed by atoms with van der Waals surface area (Å²) in [6, 6.07) is 7.45. The van der Waals surface area contributed by atoms with E-state index < -0.39 is 0 Å². The van der Waals surface area contributed by atoms with Gasteiger partial charge in [-0.3, -0.25) is 14.0 Å². The van der Waals surface area contributed by atoms with Gasteiger partial charge in [-0.25, -0.2) is 4.98 Å². The van der Waals surface area contributed by atoms with Crippen molar-refractivity contribution >= 4 is 39.8 Å². The van der Waals surface area contributed by atoms with Crippen LogP contribution in [0.15, 0.2) is 35.8 Å². The fourth-order valence-electron chi connectivity index (χ4n) is 2.37. The molecule has 0 radical (unpaired) electrons. The average Bonchev–Trinajstić information content (AvgIpc) is 3.19. The Bertz CT molecular complexity index is 919. The summed E-state index contributed by atoms with van der Waals surface area (Å²) in [5.74, 6) is -0.495. The van der Waals surface area contributed by atoms with Gasteiger partial charge in [0.15, 0.2) is 4.96 Å². The van der Waals surface area contributed by atoms with Crippen LogP contribution in [0, 0.1) is 0 Å². The second kappa shape index (κ2) is 7.67. The molecule has 0 atom stereocenters. The summed E-state index contributed by atoms with van der Waals surface area (Å²) in [5.41, 5.74) is 2.05. The lowest BCUT2D eigenvalue weighted by Crippen LogP contribution is -2.26. The fourth-order valence-corrected chi connectivity index (χ4v) is 3.46. The predicted molar refractivity (Wildman–Crippen MR) is 97.1 cm³/mol. The molecule has 3 aromatic rings. The molecule has 6 nitrogen and oxygen atoms in total. The summed E-state index contributed by atoms with van der Waals surface area (Å²) in [7, 11) is 1.35. The summed E-state index contributed by atoms with van der Waals surface area (Å²) in [6.07, 6.45) is 2.61. The number of thiazole rings is 1. The zero-order valence-corrected chi connectivity index (χ0v) is 15.1. The molecule has 1 aromatic carbocycles. The fraction of sp³-hybridized carbons (Fsp3) is 0.235. The Hall–Kier alpha value is -2.38. The normalized spacial score (nSPS) is 10.8. The molecule has 0 unspecified atom stereocenters. The van der Waals surface area contributed by atoms with E-state index in [9.17, 15) is 9.59 Å². The number of aromatic nitrogens is 2. The molecule has 25 heavy (non-hydrogen) atoms. The predicted octanol–water partition coefficient (Wildman–Crippen LogP) is 3.40. The number of fused-ring (bicyclic) bond motifs is 1. The first-order valence-corrected chi connectivity index (χ1v) is 8.92. The summed E-state index contributed by atoms with van der Waals surface area (Å²) in [5, 5.41) is 5.17. The molecular weight excluding hydrogens is 362 g/mol. The zero-order chi connectivity index (χ0) is 17.8. The van der Waals surface area contributed by atoms with Crippen molar-refractivity contribution in [3.8, 4) is 11.3 Å². The van der Waals surface area contributed by atoms with Gasteiger partial charge in [-0.1, -0.05) is 29.8 Å². The van der Waals surface area contributed by atoms with Gasteiger partial charge in [-0.15, -0.1) is 11.3 Å². The van der Waals surface area contributed by atoms with Gasteiger partial charge in [0.05, 0.1) is 17.8 Å². The average molecular weight is 378 g/mol. The Labute approximate surface area is 153 Å². The van der Waals surface area contributed by atoms with E-state index in [1.807, 2.05) is 18.2 Å². The molecule has 130 valence electrons. The Balaban J connectivity index is 1.73. The lowest BCUT2D eigenvalue weighted by atomic mass is 10.2. The van der Waals surface area contributed by atoms with E-state index in [0.717, 1.165) is 16.2 Å². The first-order chi connectivity index (χ1) is 12.1. The number of carbonyl (C=O) groups is 2. The van der Waals surface area contributed by atoms with Crippen molar-refractivity contribution in [2.75, 3.05) is 13.7 Å². The Morgan fingerprint density at radius 2 is 2.16 bits per heavy atom. The van der Waals surface area contributed by atoms with Gasteiger partial charge in [-0.2, -0.15) is 0 Å². The highest BCUT2D eigenvalue weighted by Gasteiger charge is 2.16. The maximum atomic E-state index is 12.4. The zero-order valence-electron chi connectivity index (χ0n) is 13.5. The van der Waals surface area contributed by atoms with E-state index >= 15 is 0 Å². The smallest absolute Gasteiger partial charge is 0.305 e. The van der Waals surface area contributed by atoms with Crippen molar-refractivity contribution in [1.82, 2.24) is 14.7 Å². The first-order valence-electron chi connectivity index (χ1n) is 7.66. The van der Waals surface area contributed by atoms with Gasteiger partial charge >= 0.3 is 5.97 Å². The summed E-state index contributed by atoms with van der Waals surface area (Å²) >= 11 is 7.60. The Kier molecular flexibility index (Phi) is 5.35. The first kappa shape index (κ1) is 17.4. The van der Waals surface area contributed by atoms with Crippen molar-refractivity contribution in [2.24, 2.45) is 0 Å². The van der Waals surface area contributed by atoms with E-state index in [1.54, 1.807) is 22.0 Å². The van der Waals surface area contributed by atoms with Crippen LogP contribution in [-0.2, 0) is 9.53 Å². The molecule has 0 bridgehead atoms. The van der Waals surface area contributed by atoms with Crippen LogP contribution in [0.2, 0.25) is 5.02 Å². The number of methoxy groups -OCH3 is 1. The summed E-state index contributed by atoms with van der Waals surface area (Å²) in [4.78, 5) is 28.7. The lowest BCUT2D eigenvalue weighted by molar-refractivity contribution is -0.140. The molecule has 1 N–H and O–H groups in total. The highest BCUT2D eigenvalue weighted by atomic mass is 35.5. The standard InChI is InChI=1S/C17H16ClN3O3S/c1-24-15(22)7-4-8-19-16(23)14-10-25-17-20-13(9-21(14)17)11-5-2-3-6-12(11)18/h2-3,5-6,9-10H,4,7-8H2,1H3,(H,19,23). The third-order valence-corrected chi connectivity index (χ3v) is 4.83. The minimum absolute atomic E-state index is 0.209. The SMILES string of the molecule is COC(=O)CCCNC(=O)c1csc2nc(-c3ccccc3Cl)cn12. The number of nitrogens with one attached hydrogen (secondary N) is 1. The van der Waals surface area contributed by atoms with E-state index in [2.05, 4.69) is 15.0 Å². The molecule has 0 fully saturated rings. The number of ether oxygens (including phenoxy) is 1. The maximum absolute atomic E-state index is 12.4. The van der Waals surface area contributed by atoms with Crippen molar-refractivity contribution in [2.45, 2.75) is 12.8 Å². The number of nitrogens with zero attached hydrogens (tertiary/aromatic N) is 2. The number of imidazole rings is 1. The third kappa shape index (κ3) is 3.83. The van der Waals surface area contributed by atoms with Gasteiger partial charge in [0.25, 0.3) is 5.91 Å². The van der Waals surface area contributed by atoms with E-state index in [-0.39, 0.29) is 18.3 Å². The van der Waals surface area contributed by atoms with Crippen LogP contribution in [0.25, 0.3) is 16.2 Å². The lowest BCUT2D eigenvalue weighted by Gasteiger charge is -2.04. The second-order valence-corrected chi connectivity index (χ2v) is 6.56. The van der Waals surface area contributed by atoms with Crippen LogP contribution >= 0.6 is 22.9 Å². The maximum Gasteiger partial charge on any atom is 0.305 e. The molecular formula is C17H16ClN3O3S. The van der Waals surface area contributed by atoms with Gasteiger partial charge < -0.3 is 10.1 Å². The summed E-state index contributed by atoms with van der Waals surface area (Å²) in [6.45, 7) is 0.400. The minimum atomic E-state index is -0.286. The molecule has 2 heterocycles. The minimum Gasteiger partial charge on any atom is -0.469 e. The monoisotopic (exact) mass is 377 g/mol. The van der Waals surface area contributed by atoms with Crippen LogP contribution in [0.1, 0.15) is 23.3 Å². The quantitative estimate of drug-likeness (QED) is 0.528. The number of rotatable bonds is 6. The molecule has 2 aromatic heterocycles. The van der Waals surface area contributed by atoms with E-state index in [1.165, 1.54) is 18.4 Å². The molecule has 0 saturated heterocycles. The number of amides is 1. The third-order valence-electron chi connectivity index (χ3n) is 3.66. The molecule has 8 heteroatoms. The molecule has 0 spiro atoms. The molecule has 0 aliphatic carbocycles. The van der Waals surface area contributed by atoms with Crippen LogP contribution in [0.5, 0.6) is 0 Å². The van der Waals surface area contributed by atoms with Crippen molar-refractivity contribution in [3.63, 3.8) is 0 Å². The van der Waals surface area contributed by atoms with Gasteiger partial charge in [0, 0.05) is 30.1 Å². The Morgan fingerprint density at radius 3 is 2.92 bits per heavy atom. The number of benzene rings is 1. The number of esters is 1. The summed E-state index contributed by atoms with van der Waals surface area (Å²) < 4.78 is 6.32. The molecule has 3 rings (SSSR count). The second-order valence-electron chi connectivity index (χ2n) is 5.32. The van der Waals surface area contributed by atoms with Crippen molar-refractivity contribution < 1.29 is 14.3 Å². The number of hydrogen-bond donors (Lipinski definition) is 1. The highest BCUT2D eigenvalue weighted by Crippen LogP contribution is 2.28.